The van der Waals surface area contributed by atoms with E-state index in [1.807, 2.05) is 16.5 Å². The second-order valence-electron chi connectivity index (χ2n) is 5.75. The highest BCUT2D eigenvalue weighted by molar-refractivity contribution is 9.10. The lowest BCUT2D eigenvalue weighted by Crippen LogP contribution is -2.48. The first kappa shape index (κ1) is 16.5. The molecular formula is C14H16BrN5O4. The summed E-state index contributed by atoms with van der Waals surface area (Å²) < 4.78 is 2.27. The Labute approximate surface area is 145 Å². The maximum absolute atomic E-state index is 11.1. The molecule has 1 amide bonds. The lowest BCUT2D eigenvalue weighted by molar-refractivity contribution is -0.385. The number of rotatable bonds is 3. The van der Waals surface area contributed by atoms with Crippen LogP contribution in [0.25, 0.3) is 11.0 Å². The Morgan fingerprint density at radius 1 is 1.54 bits per heavy atom. The Morgan fingerprint density at radius 3 is 2.96 bits per heavy atom. The molecule has 1 aromatic heterocycles. The van der Waals surface area contributed by atoms with Gasteiger partial charge in [-0.15, -0.1) is 0 Å². The van der Waals surface area contributed by atoms with E-state index in [0.29, 0.717) is 22.5 Å². The Balaban J connectivity index is 1.96. The summed E-state index contributed by atoms with van der Waals surface area (Å²) in [5.41, 5.74) is 1.28. The molecule has 1 unspecified atom stereocenters. The number of fused-ring (bicyclic) bond motifs is 1. The van der Waals surface area contributed by atoms with Gasteiger partial charge in [0, 0.05) is 32.2 Å². The van der Waals surface area contributed by atoms with Crippen molar-refractivity contribution in [3.05, 3.63) is 26.7 Å². The van der Waals surface area contributed by atoms with Crippen LogP contribution in [0.5, 0.6) is 0 Å². The SMILES string of the molecule is Cn1c(N2CCCC(NC(=O)O)C2)nc2cc([N+](=O)[O-])c(Br)cc21. The van der Waals surface area contributed by atoms with Crippen LogP contribution < -0.4 is 10.2 Å². The fraction of sp³-hybridized carbons (Fsp3) is 0.429. The van der Waals surface area contributed by atoms with E-state index in [0.717, 1.165) is 24.9 Å². The number of hydrogen-bond donors (Lipinski definition) is 2. The van der Waals surface area contributed by atoms with Gasteiger partial charge in [-0.1, -0.05) is 0 Å². The predicted octanol–water partition coefficient (Wildman–Crippen LogP) is 2.48. The number of carboxylic acid groups (broad SMARTS) is 1. The Morgan fingerprint density at radius 2 is 2.29 bits per heavy atom. The normalized spacial score (nSPS) is 17.9. The average Bonchev–Trinajstić information content (AvgIpc) is 2.82. The molecule has 0 saturated carbocycles. The van der Waals surface area contributed by atoms with Crippen molar-refractivity contribution < 1.29 is 14.8 Å². The van der Waals surface area contributed by atoms with Crippen molar-refractivity contribution in [3.8, 4) is 0 Å². The quantitative estimate of drug-likeness (QED) is 0.607. The molecule has 1 saturated heterocycles. The number of benzene rings is 1. The first-order valence-electron chi connectivity index (χ1n) is 7.41. The minimum absolute atomic E-state index is 0.0313. The number of halogens is 1. The lowest BCUT2D eigenvalue weighted by atomic mass is 10.1. The van der Waals surface area contributed by atoms with Crippen LogP contribution in [0.2, 0.25) is 0 Å². The third kappa shape index (κ3) is 3.01. The zero-order chi connectivity index (χ0) is 17.4. The fourth-order valence-corrected chi connectivity index (χ4v) is 3.54. The van der Waals surface area contributed by atoms with Crippen molar-refractivity contribution in [3.63, 3.8) is 0 Å². The molecule has 1 aliphatic heterocycles. The zero-order valence-corrected chi connectivity index (χ0v) is 14.5. The molecule has 128 valence electrons. The lowest BCUT2D eigenvalue weighted by Gasteiger charge is -2.33. The number of carbonyl (C=O) groups is 1. The van der Waals surface area contributed by atoms with E-state index in [1.165, 1.54) is 6.07 Å². The van der Waals surface area contributed by atoms with Crippen LogP contribution in [0, 0.1) is 10.1 Å². The van der Waals surface area contributed by atoms with Crippen LogP contribution in [0.15, 0.2) is 16.6 Å². The van der Waals surface area contributed by atoms with Crippen molar-refractivity contribution >= 4 is 44.7 Å². The van der Waals surface area contributed by atoms with Crippen LogP contribution in [-0.2, 0) is 7.05 Å². The van der Waals surface area contributed by atoms with Gasteiger partial charge in [-0.05, 0) is 34.8 Å². The summed E-state index contributed by atoms with van der Waals surface area (Å²) in [6, 6.07) is 2.97. The van der Waals surface area contributed by atoms with Gasteiger partial charge in [0.15, 0.2) is 0 Å². The highest BCUT2D eigenvalue weighted by Gasteiger charge is 2.25. The molecule has 2 heterocycles. The number of aryl methyl sites for hydroxylation is 1. The topological polar surface area (TPSA) is 114 Å². The number of nitro benzene ring substituents is 1. The average molecular weight is 398 g/mol. The van der Waals surface area contributed by atoms with Gasteiger partial charge in [0.25, 0.3) is 5.69 Å². The van der Waals surface area contributed by atoms with Gasteiger partial charge in [-0.3, -0.25) is 10.1 Å². The van der Waals surface area contributed by atoms with Crippen molar-refractivity contribution in [2.24, 2.45) is 7.05 Å². The summed E-state index contributed by atoms with van der Waals surface area (Å²) in [4.78, 5) is 28.0. The van der Waals surface area contributed by atoms with Crippen molar-refractivity contribution in [1.82, 2.24) is 14.9 Å². The zero-order valence-electron chi connectivity index (χ0n) is 12.9. The van der Waals surface area contributed by atoms with Gasteiger partial charge in [0.2, 0.25) is 5.95 Å². The van der Waals surface area contributed by atoms with Gasteiger partial charge >= 0.3 is 6.09 Å². The van der Waals surface area contributed by atoms with E-state index in [4.69, 9.17) is 5.11 Å². The number of hydrogen-bond acceptors (Lipinski definition) is 5. The molecule has 0 bridgehead atoms. The third-order valence-electron chi connectivity index (χ3n) is 4.15. The molecule has 1 atom stereocenters. The molecule has 9 nitrogen and oxygen atoms in total. The molecule has 0 spiro atoms. The Bertz CT molecular complexity index is 821. The van der Waals surface area contributed by atoms with Gasteiger partial charge in [-0.25, -0.2) is 9.78 Å². The molecule has 1 aromatic carbocycles. The Kier molecular flexibility index (Phi) is 4.31. The summed E-state index contributed by atoms with van der Waals surface area (Å²) in [6.45, 7) is 1.28. The fourth-order valence-electron chi connectivity index (χ4n) is 3.06. The molecule has 3 rings (SSSR count). The summed E-state index contributed by atoms with van der Waals surface area (Å²) in [6.07, 6.45) is 0.591. The molecule has 24 heavy (non-hydrogen) atoms. The van der Waals surface area contributed by atoms with Crippen molar-refractivity contribution in [2.45, 2.75) is 18.9 Å². The van der Waals surface area contributed by atoms with E-state index in [-0.39, 0.29) is 11.7 Å². The number of aromatic nitrogens is 2. The number of imidazole rings is 1. The highest BCUT2D eigenvalue weighted by atomic mass is 79.9. The monoisotopic (exact) mass is 397 g/mol. The first-order valence-corrected chi connectivity index (χ1v) is 8.21. The summed E-state index contributed by atoms with van der Waals surface area (Å²) >= 11 is 3.22. The van der Waals surface area contributed by atoms with Gasteiger partial charge < -0.3 is 19.9 Å². The standard InChI is InChI=1S/C14H16BrN5O4/c1-18-12-5-9(15)11(20(23)24)6-10(12)17-13(18)19-4-2-3-8(7-19)16-14(21)22/h5-6,8,16H,2-4,7H2,1H3,(H,21,22). The second-order valence-corrected chi connectivity index (χ2v) is 6.61. The molecule has 1 fully saturated rings. The van der Waals surface area contributed by atoms with Crippen LogP contribution >= 0.6 is 15.9 Å². The van der Waals surface area contributed by atoms with E-state index < -0.39 is 11.0 Å². The number of nitrogens with zero attached hydrogens (tertiary/aromatic N) is 4. The molecule has 2 aromatic rings. The minimum atomic E-state index is -1.04. The van der Waals surface area contributed by atoms with Crippen molar-refractivity contribution in [1.29, 1.82) is 0 Å². The summed E-state index contributed by atoms with van der Waals surface area (Å²) in [5, 5.41) is 22.5. The largest absolute Gasteiger partial charge is 0.465 e. The Hall–Kier alpha value is -2.36. The second kappa shape index (κ2) is 6.27. The predicted molar refractivity (Wildman–Crippen MR) is 91.5 cm³/mol. The summed E-state index contributed by atoms with van der Waals surface area (Å²) in [7, 11) is 1.84. The molecular weight excluding hydrogens is 382 g/mol. The van der Waals surface area contributed by atoms with Crippen molar-refractivity contribution in [2.75, 3.05) is 18.0 Å². The number of nitro groups is 1. The third-order valence-corrected chi connectivity index (χ3v) is 4.79. The molecule has 2 N–H and O–H groups in total. The summed E-state index contributed by atoms with van der Waals surface area (Å²) in [5.74, 6) is 0.675. The number of piperidine rings is 1. The van der Waals surface area contributed by atoms with Crippen LogP contribution in [0.1, 0.15) is 12.8 Å². The van der Waals surface area contributed by atoms with E-state index in [9.17, 15) is 14.9 Å². The minimum Gasteiger partial charge on any atom is -0.465 e. The maximum Gasteiger partial charge on any atom is 0.404 e. The smallest absolute Gasteiger partial charge is 0.404 e. The number of anilines is 1. The van der Waals surface area contributed by atoms with E-state index in [2.05, 4.69) is 26.2 Å². The maximum atomic E-state index is 11.1. The first-order chi connectivity index (χ1) is 11.4. The van der Waals surface area contributed by atoms with Gasteiger partial charge in [0.1, 0.15) is 0 Å². The molecule has 0 radical (unpaired) electrons. The van der Waals surface area contributed by atoms with E-state index in [1.54, 1.807) is 6.07 Å². The van der Waals surface area contributed by atoms with E-state index >= 15 is 0 Å². The van der Waals surface area contributed by atoms with Crippen LogP contribution in [0.4, 0.5) is 16.4 Å². The number of amides is 1. The van der Waals surface area contributed by atoms with Gasteiger partial charge in [0.05, 0.1) is 20.4 Å². The van der Waals surface area contributed by atoms with Crippen LogP contribution in [-0.4, -0.2) is 44.8 Å². The molecule has 10 heteroatoms. The molecule has 0 aliphatic carbocycles. The molecule has 1 aliphatic rings. The van der Waals surface area contributed by atoms with Crippen LogP contribution in [0.3, 0.4) is 0 Å². The number of nitrogens with one attached hydrogen (secondary N) is 1. The van der Waals surface area contributed by atoms with Gasteiger partial charge in [-0.2, -0.15) is 0 Å². The highest BCUT2D eigenvalue weighted by Crippen LogP contribution is 2.32.